The summed E-state index contributed by atoms with van der Waals surface area (Å²) >= 11 is 0. The average Bonchev–Trinajstić information content (AvgIpc) is 2.58. The van der Waals surface area contributed by atoms with E-state index in [9.17, 15) is 18.0 Å². The van der Waals surface area contributed by atoms with E-state index in [4.69, 9.17) is 0 Å². The summed E-state index contributed by atoms with van der Waals surface area (Å²) in [7, 11) is -3.28. The van der Waals surface area contributed by atoms with Gasteiger partial charge in [0, 0.05) is 12.3 Å². The van der Waals surface area contributed by atoms with Gasteiger partial charge in [0.1, 0.15) is 11.4 Å². The van der Waals surface area contributed by atoms with Gasteiger partial charge in [-0.15, -0.1) is 0 Å². The Bertz CT molecular complexity index is 909. The van der Waals surface area contributed by atoms with Gasteiger partial charge < -0.3 is 5.32 Å². The molecule has 1 heterocycles. The van der Waals surface area contributed by atoms with Gasteiger partial charge in [0.2, 0.25) is 0 Å². The Morgan fingerprint density at radius 2 is 1.54 bits per heavy atom. The van der Waals surface area contributed by atoms with Crippen molar-refractivity contribution in [3.8, 4) is 0 Å². The van der Waals surface area contributed by atoms with E-state index in [1.165, 1.54) is 36.4 Å². The summed E-state index contributed by atoms with van der Waals surface area (Å²) in [4.78, 5) is 28.4. The number of aromatic nitrogens is 1. The van der Waals surface area contributed by atoms with Crippen LogP contribution in [-0.4, -0.2) is 37.5 Å². The van der Waals surface area contributed by atoms with Crippen molar-refractivity contribution in [1.82, 2.24) is 15.7 Å². The number of hydrazine groups is 1. The number of hydrogen-bond donors (Lipinski definition) is 3. The number of pyridine rings is 1. The highest BCUT2D eigenvalue weighted by Crippen LogP contribution is 2.13. The maximum Gasteiger partial charge on any atom is 0.288 e. The Balaban J connectivity index is 2.03. The standard InChI is InChI=1S/C17H20N4O4S/c1-11(2)18-16(22)14-5-4-6-15(19-14)17(23)21-20-12-7-9-13(10-8-12)26(3,24)25/h4-11,20H,1-3H3,(H,18,22)(H,21,23). The number of benzene rings is 1. The quantitative estimate of drug-likeness (QED) is 0.656. The molecule has 0 atom stereocenters. The zero-order valence-electron chi connectivity index (χ0n) is 14.6. The highest BCUT2D eigenvalue weighted by molar-refractivity contribution is 7.90. The molecule has 1 aromatic heterocycles. The first kappa shape index (κ1) is 19.4. The third kappa shape index (κ3) is 5.28. The molecular weight excluding hydrogens is 356 g/mol. The van der Waals surface area contributed by atoms with Crippen LogP contribution in [0.15, 0.2) is 47.4 Å². The zero-order chi connectivity index (χ0) is 19.3. The number of hydrogen-bond acceptors (Lipinski definition) is 6. The van der Waals surface area contributed by atoms with Crippen LogP contribution in [0.1, 0.15) is 34.8 Å². The number of carbonyl (C=O) groups excluding carboxylic acids is 2. The van der Waals surface area contributed by atoms with Crippen LogP contribution in [0.3, 0.4) is 0 Å². The number of anilines is 1. The zero-order valence-corrected chi connectivity index (χ0v) is 15.4. The van der Waals surface area contributed by atoms with Gasteiger partial charge in [0.25, 0.3) is 11.8 Å². The summed E-state index contributed by atoms with van der Waals surface area (Å²) in [6.07, 6.45) is 1.12. The number of amides is 2. The van der Waals surface area contributed by atoms with E-state index < -0.39 is 15.7 Å². The van der Waals surface area contributed by atoms with E-state index in [0.29, 0.717) is 5.69 Å². The molecule has 0 bridgehead atoms. The van der Waals surface area contributed by atoms with Crippen molar-refractivity contribution in [1.29, 1.82) is 0 Å². The Morgan fingerprint density at radius 3 is 2.08 bits per heavy atom. The highest BCUT2D eigenvalue weighted by atomic mass is 32.2. The second kappa shape index (κ2) is 7.96. The summed E-state index contributed by atoms with van der Waals surface area (Å²) in [6, 6.07) is 10.4. The molecule has 0 spiro atoms. The molecule has 3 N–H and O–H groups in total. The highest BCUT2D eigenvalue weighted by Gasteiger charge is 2.13. The molecular formula is C17H20N4O4S. The van der Waals surface area contributed by atoms with Crippen LogP contribution in [0.2, 0.25) is 0 Å². The number of rotatable bonds is 6. The lowest BCUT2D eigenvalue weighted by Gasteiger charge is -2.10. The molecule has 0 saturated carbocycles. The van der Waals surface area contributed by atoms with Crippen LogP contribution in [0.5, 0.6) is 0 Å². The molecule has 0 aliphatic heterocycles. The molecule has 0 fully saturated rings. The minimum Gasteiger partial charge on any atom is -0.349 e. The van der Waals surface area contributed by atoms with Crippen LogP contribution >= 0.6 is 0 Å². The van der Waals surface area contributed by atoms with Crippen LogP contribution in [0.25, 0.3) is 0 Å². The first-order valence-electron chi connectivity index (χ1n) is 7.81. The normalized spacial score (nSPS) is 11.1. The first-order valence-corrected chi connectivity index (χ1v) is 9.70. The molecule has 0 radical (unpaired) electrons. The summed E-state index contributed by atoms with van der Waals surface area (Å²) in [6.45, 7) is 3.65. The van der Waals surface area contributed by atoms with Gasteiger partial charge in [-0.05, 0) is 50.2 Å². The lowest BCUT2D eigenvalue weighted by molar-refractivity contribution is 0.0937. The van der Waals surface area contributed by atoms with Crippen molar-refractivity contribution in [3.63, 3.8) is 0 Å². The maximum atomic E-state index is 12.2. The van der Waals surface area contributed by atoms with Gasteiger partial charge in [-0.3, -0.25) is 20.4 Å². The first-order chi connectivity index (χ1) is 12.2. The lowest BCUT2D eigenvalue weighted by atomic mass is 10.2. The van der Waals surface area contributed by atoms with E-state index in [1.807, 2.05) is 13.8 Å². The third-order valence-corrected chi connectivity index (χ3v) is 4.37. The third-order valence-electron chi connectivity index (χ3n) is 3.24. The Morgan fingerprint density at radius 1 is 0.962 bits per heavy atom. The molecule has 2 aromatic rings. The molecule has 8 nitrogen and oxygen atoms in total. The van der Waals surface area contributed by atoms with Crippen molar-refractivity contribution in [2.45, 2.75) is 24.8 Å². The van der Waals surface area contributed by atoms with Gasteiger partial charge >= 0.3 is 0 Å². The van der Waals surface area contributed by atoms with E-state index in [2.05, 4.69) is 21.2 Å². The SMILES string of the molecule is CC(C)NC(=O)c1cccc(C(=O)NNc2ccc(S(C)(=O)=O)cc2)n1. The van der Waals surface area contributed by atoms with Gasteiger partial charge in [-0.25, -0.2) is 13.4 Å². The fourth-order valence-corrected chi connectivity index (χ4v) is 2.63. The molecule has 0 aliphatic carbocycles. The minimum atomic E-state index is -3.28. The van der Waals surface area contributed by atoms with Crippen LogP contribution < -0.4 is 16.2 Å². The van der Waals surface area contributed by atoms with Crippen molar-refractivity contribution in [3.05, 3.63) is 53.9 Å². The van der Waals surface area contributed by atoms with E-state index in [1.54, 1.807) is 6.07 Å². The van der Waals surface area contributed by atoms with Crippen molar-refractivity contribution >= 4 is 27.3 Å². The molecule has 0 aliphatic rings. The largest absolute Gasteiger partial charge is 0.349 e. The summed E-state index contributed by atoms with van der Waals surface area (Å²) < 4.78 is 22.8. The molecule has 138 valence electrons. The molecule has 9 heteroatoms. The average molecular weight is 376 g/mol. The fraction of sp³-hybridized carbons (Fsp3) is 0.235. The van der Waals surface area contributed by atoms with Gasteiger partial charge in [-0.2, -0.15) is 0 Å². The monoisotopic (exact) mass is 376 g/mol. The van der Waals surface area contributed by atoms with Gasteiger partial charge in [-0.1, -0.05) is 6.07 Å². The lowest BCUT2D eigenvalue weighted by Crippen LogP contribution is -2.33. The van der Waals surface area contributed by atoms with Crippen LogP contribution in [0.4, 0.5) is 5.69 Å². The Hall–Kier alpha value is -2.94. The number of nitrogens with zero attached hydrogens (tertiary/aromatic N) is 1. The topological polar surface area (TPSA) is 117 Å². The molecule has 0 saturated heterocycles. The van der Waals surface area contributed by atoms with Crippen molar-refractivity contribution in [2.24, 2.45) is 0 Å². The van der Waals surface area contributed by atoms with Crippen molar-refractivity contribution in [2.75, 3.05) is 11.7 Å². The summed E-state index contributed by atoms with van der Waals surface area (Å²) in [5.41, 5.74) is 5.83. The predicted molar refractivity (Wildman–Crippen MR) is 97.5 cm³/mol. The molecule has 2 amide bonds. The number of carbonyl (C=O) groups is 2. The predicted octanol–water partition coefficient (Wildman–Crippen LogP) is 1.38. The molecule has 1 aromatic carbocycles. The van der Waals surface area contributed by atoms with E-state index in [-0.39, 0.29) is 28.2 Å². The van der Waals surface area contributed by atoms with E-state index in [0.717, 1.165) is 6.26 Å². The minimum absolute atomic E-state index is 0.0432. The smallest absolute Gasteiger partial charge is 0.288 e. The van der Waals surface area contributed by atoms with Crippen LogP contribution in [0, 0.1) is 0 Å². The van der Waals surface area contributed by atoms with Gasteiger partial charge in [0.15, 0.2) is 9.84 Å². The number of nitrogens with one attached hydrogen (secondary N) is 3. The Kier molecular flexibility index (Phi) is 5.93. The molecule has 0 unspecified atom stereocenters. The van der Waals surface area contributed by atoms with Crippen LogP contribution in [-0.2, 0) is 9.84 Å². The molecule has 26 heavy (non-hydrogen) atoms. The number of sulfone groups is 1. The van der Waals surface area contributed by atoms with Crippen molar-refractivity contribution < 1.29 is 18.0 Å². The second-order valence-electron chi connectivity index (χ2n) is 5.91. The summed E-state index contributed by atoms with van der Waals surface area (Å²) in [5, 5.41) is 2.70. The molecule has 2 rings (SSSR count). The van der Waals surface area contributed by atoms with Gasteiger partial charge in [0.05, 0.1) is 10.6 Å². The maximum absolute atomic E-state index is 12.2. The summed E-state index contributed by atoms with van der Waals surface area (Å²) in [5.74, 6) is -0.893. The van der Waals surface area contributed by atoms with E-state index >= 15 is 0 Å². The second-order valence-corrected chi connectivity index (χ2v) is 7.93. The Labute approximate surface area is 151 Å². The fourth-order valence-electron chi connectivity index (χ4n) is 2.00.